The van der Waals surface area contributed by atoms with Crippen LogP contribution in [0.3, 0.4) is 0 Å². The summed E-state index contributed by atoms with van der Waals surface area (Å²) in [6.07, 6.45) is 2.11. The minimum atomic E-state index is -0.479. The molecular formula is C16H24N2O2. The maximum atomic E-state index is 11.8. The van der Waals surface area contributed by atoms with E-state index in [0.29, 0.717) is 6.04 Å². The molecule has 1 fully saturated rings. The number of rotatable bonds is 7. The summed E-state index contributed by atoms with van der Waals surface area (Å²) in [7, 11) is 0. The Morgan fingerprint density at radius 2 is 1.90 bits per heavy atom. The predicted molar refractivity (Wildman–Crippen MR) is 79.7 cm³/mol. The lowest BCUT2D eigenvalue weighted by Crippen LogP contribution is -2.40. The highest BCUT2D eigenvalue weighted by atomic mass is 16.5. The van der Waals surface area contributed by atoms with Gasteiger partial charge in [0.1, 0.15) is 5.75 Å². The first-order valence-corrected chi connectivity index (χ1v) is 7.34. The molecule has 2 rings (SSSR count). The lowest BCUT2D eigenvalue weighted by molar-refractivity contribution is -0.127. The molecule has 1 saturated carbocycles. The van der Waals surface area contributed by atoms with Crippen molar-refractivity contribution in [2.45, 2.75) is 58.3 Å². The van der Waals surface area contributed by atoms with Crippen LogP contribution in [0.2, 0.25) is 0 Å². The average Bonchev–Trinajstić information content (AvgIpc) is 3.21. The van der Waals surface area contributed by atoms with Crippen molar-refractivity contribution in [2.75, 3.05) is 0 Å². The number of hydrogen-bond acceptors (Lipinski definition) is 3. The molecule has 1 aliphatic rings. The Balaban J connectivity index is 1.81. The smallest absolute Gasteiger partial charge is 0.260 e. The van der Waals surface area contributed by atoms with E-state index in [0.717, 1.165) is 12.3 Å². The van der Waals surface area contributed by atoms with Crippen LogP contribution in [0.5, 0.6) is 5.75 Å². The normalized spacial score (nSPS) is 16.0. The van der Waals surface area contributed by atoms with Crippen molar-refractivity contribution in [3.05, 3.63) is 29.8 Å². The zero-order chi connectivity index (χ0) is 14.5. The van der Waals surface area contributed by atoms with Crippen molar-refractivity contribution < 1.29 is 9.53 Å². The van der Waals surface area contributed by atoms with Gasteiger partial charge in [-0.25, -0.2) is 0 Å². The van der Waals surface area contributed by atoms with E-state index in [1.165, 1.54) is 18.4 Å². The summed E-state index contributed by atoms with van der Waals surface area (Å²) in [5.41, 5.74) is 1.24. The zero-order valence-corrected chi connectivity index (χ0v) is 12.5. The molecule has 0 aromatic heterocycles. The number of nitrogens with one attached hydrogen (secondary N) is 2. The van der Waals surface area contributed by atoms with Gasteiger partial charge >= 0.3 is 0 Å². The molecule has 1 aliphatic carbocycles. The second-order valence-electron chi connectivity index (χ2n) is 5.72. The summed E-state index contributed by atoms with van der Waals surface area (Å²) in [6, 6.07) is 8.76. The molecule has 0 aliphatic heterocycles. The van der Waals surface area contributed by atoms with Crippen molar-refractivity contribution in [3.63, 3.8) is 0 Å². The third-order valence-corrected chi connectivity index (χ3v) is 3.21. The second kappa shape index (κ2) is 6.75. The fourth-order valence-electron chi connectivity index (χ4n) is 1.90. The maximum absolute atomic E-state index is 11.8. The number of amides is 1. The summed E-state index contributed by atoms with van der Waals surface area (Å²) in [4.78, 5) is 11.8. The topological polar surface area (TPSA) is 50.4 Å². The minimum absolute atomic E-state index is 0.0838. The number of benzene rings is 1. The summed E-state index contributed by atoms with van der Waals surface area (Å²) in [5.74, 6) is 0.644. The summed E-state index contributed by atoms with van der Waals surface area (Å²) < 4.78 is 5.64. The molecule has 20 heavy (non-hydrogen) atoms. The molecule has 110 valence electrons. The fraction of sp³-hybridized carbons (Fsp3) is 0.562. The van der Waals surface area contributed by atoms with Gasteiger partial charge in [-0.05, 0) is 51.3 Å². The Morgan fingerprint density at radius 3 is 2.45 bits per heavy atom. The molecule has 4 heteroatoms. The average molecular weight is 276 g/mol. The van der Waals surface area contributed by atoms with Crippen molar-refractivity contribution >= 4 is 5.91 Å². The van der Waals surface area contributed by atoms with Crippen LogP contribution in [0.1, 0.15) is 39.2 Å². The van der Waals surface area contributed by atoms with Gasteiger partial charge in [-0.1, -0.05) is 12.1 Å². The molecule has 0 heterocycles. The van der Waals surface area contributed by atoms with Gasteiger partial charge in [-0.3, -0.25) is 4.79 Å². The van der Waals surface area contributed by atoms with E-state index < -0.39 is 6.10 Å². The minimum Gasteiger partial charge on any atom is -0.481 e. The molecular weight excluding hydrogens is 252 g/mol. The number of hydrogen-bond donors (Lipinski definition) is 2. The summed E-state index contributed by atoms with van der Waals surface area (Å²) in [5, 5.41) is 6.31. The Hall–Kier alpha value is -1.55. The fourth-order valence-corrected chi connectivity index (χ4v) is 1.90. The van der Waals surface area contributed by atoms with Crippen molar-refractivity contribution in [1.29, 1.82) is 0 Å². The Kier molecular flexibility index (Phi) is 5.01. The first-order chi connectivity index (χ1) is 9.54. The molecule has 0 spiro atoms. The Bertz CT molecular complexity index is 438. The third kappa shape index (κ3) is 4.85. The monoisotopic (exact) mass is 276 g/mol. The molecule has 1 aromatic rings. The molecule has 1 atom stereocenters. The molecule has 0 saturated heterocycles. The molecule has 2 N–H and O–H groups in total. The van der Waals surface area contributed by atoms with Gasteiger partial charge in [-0.2, -0.15) is 0 Å². The van der Waals surface area contributed by atoms with E-state index in [-0.39, 0.29) is 11.9 Å². The zero-order valence-electron chi connectivity index (χ0n) is 12.5. The molecule has 4 nitrogen and oxygen atoms in total. The third-order valence-electron chi connectivity index (χ3n) is 3.21. The van der Waals surface area contributed by atoms with Crippen LogP contribution in [0.4, 0.5) is 0 Å². The SMILES string of the molecule is CC(C)NC(=O)C(C)Oc1ccc(CNC2CC2)cc1. The highest BCUT2D eigenvalue weighted by molar-refractivity contribution is 5.80. The van der Waals surface area contributed by atoms with Crippen molar-refractivity contribution in [2.24, 2.45) is 0 Å². The lowest BCUT2D eigenvalue weighted by atomic mass is 10.2. The maximum Gasteiger partial charge on any atom is 0.260 e. The van der Waals surface area contributed by atoms with Crippen LogP contribution in [-0.2, 0) is 11.3 Å². The molecule has 0 radical (unpaired) electrons. The Morgan fingerprint density at radius 1 is 1.25 bits per heavy atom. The van der Waals surface area contributed by atoms with E-state index in [2.05, 4.69) is 10.6 Å². The van der Waals surface area contributed by atoms with Gasteiger partial charge < -0.3 is 15.4 Å². The highest BCUT2D eigenvalue weighted by Gasteiger charge is 2.20. The second-order valence-corrected chi connectivity index (χ2v) is 5.72. The summed E-state index contributed by atoms with van der Waals surface area (Å²) in [6.45, 7) is 6.53. The quantitative estimate of drug-likeness (QED) is 0.803. The van der Waals surface area contributed by atoms with Gasteiger partial charge in [0.25, 0.3) is 5.91 Å². The summed E-state index contributed by atoms with van der Waals surface area (Å²) >= 11 is 0. The van der Waals surface area contributed by atoms with Crippen LogP contribution < -0.4 is 15.4 Å². The van der Waals surface area contributed by atoms with Crippen LogP contribution in [0, 0.1) is 0 Å². The van der Waals surface area contributed by atoms with Gasteiger partial charge in [-0.15, -0.1) is 0 Å². The largest absolute Gasteiger partial charge is 0.481 e. The predicted octanol–water partition coefficient (Wildman–Crippen LogP) is 2.23. The van der Waals surface area contributed by atoms with Crippen molar-refractivity contribution in [3.8, 4) is 5.75 Å². The van der Waals surface area contributed by atoms with E-state index in [1.54, 1.807) is 6.92 Å². The number of ether oxygens (including phenoxy) is 1. The standard InChI is InChI=1S/C16H24N2O2/c1-11(2)18-16(19)12(3)20-15-8-4-13(5-9-15)10-17-14-6-7-14/h4-5,8-9,11-12,14,17H,6-7,10H2,1-3H3,(H,18,19). The van der Waals surface area contributed by atoms with Crippen LogP contribution in [0.25, 0.3) is 0 Å². The van der Waals surface area contributed by atoms with E-state index in [1.807, 2.05) is 38.1 Å². The van der Waals surface area contributed by atoms with Crippen LogP contribution in [0.15, 0.2) is 24.3 Å². The molecule has 1 amide bonds. The first kappa shape index (κ1) is 14.9. The highest BCUT2D eigenvalue weighted by Crippen LogP contribution is 2.20. The van der Waals surface area contributed by atoms with E-state index in [4.69, 9.17) is 4.74 Å². The molecule has 0 bridgehead atoms. The van der Waals surface area contributed by atoms with Gasteiger partial charge in [0, 0.05) is 18.6 Å². The van der Waals surface area contributed by atoms with Crippen LogP contribution in [-0.4, -0.2) is 24.1 Å². The van der Waals surface area contributed by atoms with Crippen molar-refractivity contribution in [1.82, 2.24) is 10.6 Å². The van der Waals surface area contributed by atoms with Gasteiger partial charge in [0.15, 0.2) is 6.10 Å². The van der Waals surface area contributed by atoms with E-state index in [9.17, 15) is 4.79 Å². The molecule has 1 unspecified atom stereocenters. The van der Waals surface area contributed by atoms with E-state index >= 15 is 0 Å². The van der Waals surface area contributed by atoms with Crippen LogP contribution >= 0.6 is 0 Å². The number of carbonyl (C=O) groups is 1. The lowest BCUT2D eigenvalue weighted by Gasteiger charge is -2.16. The number of carbonyl (C=O) groups excluding carboxylic acids is 1. The Labute approximate surface area is 120 Å². The molecule has 1 aromatic carbocycles. The van der Waals surface area contributed by atoms with Gasteiger partial charge in [0.2, 0.25) is 0 Å². The first-order valence-electron chi connectivity index (χ1n) is 7.34. The van der Waals surface area contributed by atoms with Gasteiger partial charge in [0.05, 0.1) is 0 Å².